The van der Waals surface area contributed by atoms with Crippen LogP contribution in [-0.4, -0.2) is 26.6 Å². The van der Waals surface area contributed by atoms with Gasteiger partial charge in [-0.1, -0.05) is 32.9 Å². The summed E-state index contributed by atoms with van der Waals surface area (Å²) in [6.07, 6.45) is 0.897. The first-order valence-corrected chi connectivity index (χ1v) is 10.1. The fourth-order valence-electron chi connectivity index (χ4n) is 1.48. The van der Waals surface area contributed by atoms with Gasteiger partial charge in [0.15, 0.2) is 8.32 Å². The Kier molecular flexibility index (Phi) is 6.24. The van der Waals surface area contributed by atoms with Crippen molar-refractivity contribution in [2.24, 2.45) is 0 Å². The molecule has 0 unspecified atom stereocenters. The Morgan fingerprint density at radius 3 is 2.15 bits per heavy atom. The number of hydrogen-bond donors (Lipinski definition) is 1. The molecule has 1 rings (SSSR count). The van der Waals surface area contributed by atoms with E-state index < -0.39 is 8.32 Å². The van der Waals surface area contributed by atoms with Crippen LogP contribution >= 0.6 is 0 Å². The van der Waals surface area contributed by atoms with Gasteiger partial charge >= 0.3 is 0 Å². The van der Waals surface area contributed by atoms with Crippen LogP contribution in [0.1, 0.15) is 32.8 Å². The molecule has 0 saturated carbocycles. The van der Waals surface area contributed by atoms with E-state index in [0.29, 0.717) is 6.61 Å². The summed E-state index contributed by atoms with van der Waals surface area (Å²) < 4.78 is 11.8. The van der Waals surface area contributed by atoms with Gasteiger partial charge in [-0.05, 0) is 35.8 Å². The molecule has 0 aliphatic carbocycles. The second-order valence-electron chi connectivity index (χ2n) is 6.61. The predicted molar refractivity (Wildman–Crippen MR) is 85.6 cm³/mol. The smallest absolute Gasteiger partial charge is 0.191 e. The third-order valence-electron chi connectivity index (χ3n) is 3.93. The summed E-state index contributed by atoms with van der Waals surface area (Å²) in [5.74, 6) is 0.842. The molecule has 0 amide bonds. The molecule has 3 nitrogen and oxygen atoms in total. The van der Waals surface area contributed by atoms with E-state index >= 15 is 0 Å². The zero-order valence-electron chi connectivity index (χ0n) is 13.4. The summed E-state index contributed by atoms with van der Waals surface area (Å²) in [6, 6.07) is 7.53. The van der Waals surface area contributed by atoms with Crippen molar-refractivity contribution in [2.75, 3.05) is 13.2 Å². The zero-order valence-corrected chi connectivity index (χ0v) is 14.4. The van der Waals surface area contributed by atoms with E-state index in [0.717, 1.165) is 24.3 Å². The molecule has 1 aromatic carbocycles. The topological polar surface area (TPSA) is 38.7 Å². The van der Waals surface area contributed by atoms with Crippen molar-refractivity contribution >= 4 is 8.32 Å². The van der Waals surface area contributed by atoms with Crippen molar-refractivity contribution in [3.05, 3.63) is 29.8 Å². The Bertz CT molecular complexity index is 393. The van der Waals surface area contributed by atoms with Crippen LogP contribution in [-0.2, 0) is 11.0 Å². The van der Waals surface area contributed by atoms with Gasteiger partial charge < -0.3 is 14.3 Å². The van der Waals surface area contributed by atoms with E-state index in [9.17, 15) is 0 Å². The van der Waals surface area contributed by atoms with Crippen LogP contribution in [0.25, 0.3) is 0 Å². The molecule has 0 spiro atoms. The van der Waals surface area contributed by atoms with Gasteiger partial charge in [-0.15, -0.1) is 0 Å². The van der Waals surface area contributed by atoms with Crippen LogP contribution in [0.3, 0.4) is 0 Å². The minimum Gasteiger partial charge on any atom is -0.494 e. The highest BCUT2D eigenvalue weighted by Gasteiger charge is 2.36. The van der Waals surface area contributed by atoms with Gasteiger partial charge in [0.05, 0.1) is 13.2 Å². The maximum atomic E-state index is 8.96. The fourth-order valence-corrected chi connectivity index (χ4v) is 2.57. The Labute approximate surface area is 124 Å². The Morgan fingerprint density at radius 1 is 1.05 bits per heavy atom. The molecular weight excluding hydrogens is 268 g/mol. The van der Waals surface area contributed by atoms with E-state index in [1.54, 1.807) is 0 Å². The van der Waals surface area contributed by atoms with Gasteiger partial charge in [-0.25, -0.2) is 0 Å². The van der Waals surface area contributed by atoms with Crippen molar-refractivity contribution in [3.63, 3.8) is 0 Å². The van der Waals surface area contributed by atoms with Crippen molar-refractivity contribution in [1.82, 2.24) is 0 Å². The highest BCUT2D eigenvalue weighted by molar-refractivity contribution is 6.74. The SMILES string of the molecule is CC(C)(C)[Si](C)(C)OCCCOc1ccc(CO)cc1. The quantitative estimate of drug-likeness (QED) is 0.611. The van der Waals surface area contributed by atoms with E-state index in [1.165, 1.54) is 0 Å². The molecule has 0 fully saturated rings. The molecule has 1 N–H and O–H groups in total. The average molecular weight is 296 g/mol. The molecule has 0 saturated heterocycles. The third kappa shape index (κ3) is 5.27. The summed E-state index contributed by atoms with van der Waals surface area (Å²) in [5, 5.41) is 9.22. The third-order valence-corrected chi connectivity index (χ3v) is 8.47. The summed E-state index contributed by atoms with van der Waals surface area (Å²) in [4.78, 5) is 0. The predicted octanol–water partition coefficient (Wildman–Crippen LogP) is 3.97. The van der Waals surface area contributed by atoms with Crippen LogP contribution in [0.15, 0.2) is 24.3 Å². The van der Waals surface area contributed by atoms with Crippen LogP contribution in [0.4, 0.5) is 0 Å². The van der Waals surface area contributed by atoms with E-state index in [1.807, 2.05) is 24.3 Å². The highest BCUT2D eigenvalue weighted by Crippen LogP contribution is 2.36. The van der Waals surface area contributed by atoms with Gasteiger partial charge in [0.25, 0.3) is 0 Å². The Morgan fingerprint density at radius 2 is 1.65 bits per heavy atom. The molecule has 4 heteroatoms. The van der Waals surface area contributed by atoms with E-state index in [-0.39, 0.29) is 11.6 Å². The zero-order chi connectivity index (χ0) is 15.2. The van der Waals surface area contributed by atoms with Crippen LogP contribution < -0.4 is 4.74 Å². The lowest BCUT2D eigenvalue weighted by Gasteiger charge is -2.36. The lowest BCUT2D eigenvalue weighted by Crippen LogP contribution is -2.41. The van der Waals surface area contributed by atoms with Crippen LogP contribution in [0.5, 0.6) is 5.75 Å². The summed E-state index contributed by atoms with van der Waals surface area (Å²) in [5.41, 5.74) is 0.901. The number of benzene rings is 1. The van der Waals surface area contributed by atoms with Gasteiger partial charge in [0, 0.05) is 13.0 Å². The molecule has 0 bridgehead atoms. The minimum atomic E-state index is -1.63. The molecule has 0 aromatic heterocycles. The first-order chi connectivity index (χ1) is 9.26. The Balaban J connectivity index is 2.25. The van der Waals surface area contributed by atoms with Crippen LogP contribution in [0, 0.1) is 0 Å². The number of aliphatic hydroxyl groups excluding tert-OH is 1. The number of hydrogen-bond acceptors (Lipinski definition) is 3. The van der Waals surface area contributed by atoms with Gasteiger partial charge in [0.1, 0.15) is 5.75 Å². The van der Waals surface area contributed by atoms with Gasteiger partial charge in [-0.2, -0.15) is 0 Å². The summed E-state index contributed by atoms with van der Waals surface area (Å²) in [7, 11) is -1.63. The van der Waals surface area contributed by atoms with Gasteiger partial charge in [0.2, 0.25) is 0 Å². The molecule has 0 aliphatic heterocycles. The van der Waals surface area contributed by atoms with Crippen LogP contribution in [0.2, 0.25) is 18.1 Å². The standard InChI is InChI=1S/C16H28O3Si/c1-16(2,3)20(4,5)19-12-6-11-18-15-9-7-14(13-17)8-10-15/h7-10,17H,6,11-13H2,1-5H3. The molecule has 20 heavy (non-hydrogen) atoms. The molecule has 114 valence electrons. The fraction of sp³-hybridized carbons (Fsp3) is 0.625. The largest absolute Gasteiger partial charge is 0.494 e. The lowest BCUT2D eigenvalue weighted by atomic mass is 10.2. The molecular formula is C16H28O3Si. The number of aliphatic hydroxyl groups is 1. The second kappa shape index (κ2) is 7.25. The maximum absolute atomic E-state index is 8.96. The van der Waals surface area contributed by atoms with Crippen molar-refractivity contribution in [3.8, 4) is 5.75 Å². The van der Waals surface area contributed by atoms with Gasteiger partial charge in [-0.3, -0.25) is 0 Å². The summed E-state index contributed by atoms with van der Waals surface area (Å²) in [6.45, 7) is 12.8. The monoisotopic (exact) mass is 296 g/mol. The highest BCUT2D eigenvalue weighted by atomic mass is 28.4. The van der Waals surface area contributed by atoms with Crippen molar-refractivity contribution in [2.45, 2.75) is 51.9 Å². The normalized spacial score (nSPS) is 12.5. The lowest BCUT2D eigenvalue weighted by molar-refractivity contribution is 0.233. The molecule has 0 radical (unpaired) electrons. The number of ether oxygens (including phenoxy) is 1. The van der Waals surface area contributed by atoms with E-state index in [2.05, 4.69) is 33.9 Å². The second-order valence-corrected chi connectivity index (χ2v) is 11.4. The first kappa shape index (κ1) is 17.2. The average Bonchev–Trinajstić information content (AvgIpc) is 2.37. The summed E-state index contributed by atoms with van der Waals surface area (Å²) >= 11 is 0. The first-order valence-electron chi connectivity index (χ1n) is 7.23. The molecule has 0 atom stereocenters. The molecule has 1 aromatic rings. The minimum absolute atomic E-state index is 0.0701. The Hall–Kier alpha value is -0.843. The molecule has 0 heterocycles. The van der Waals surface area contributed by atoms with Crippen molar-refractivity contribution in [1.29, 1.82) is 0 Å². The van der Waals surface area contributed by atoms with E-state index in [4.69, 9.17) is 14.3 Å². The number of rotatable bonds is 7. The maximum Gasteiger partial charge on any atom is 0.191 e. The van der Waals surface area contributed by atoms with Crippen molar-refractivity contribution < 1.29 is 14.3 Å². The molecule has 0 aliphatic rings.